The molecule has 0 atom stereocenters. The van der Waals surface area contributed by atoms with Crippen molar-refractivity contribution in [2.75, 3.05) is 0 Å². The maximum absolute atomic E-state index is 11.9. The van der Waals surface area contributed by atoms with Gasteiger partial charge in [-0.25, -0.2) is 0 Å². The van der Waals surface area contributed by atoms with Crippen molar-refractivity contribution in [3.63, 3.8) is 0 Å². The van der Waals surface area contributed by atoms with E-state index in [1.165, 1.54) is 60.9 Å². The van der Waals surface area contributed by atoms with Gasteiger partial charge in [-0.1, -0.05) is 102 Å². The van der Waals surface area contributed by atoms with Gasteiger partial charge in [0, 0.05) is 23.6 Å². The third-order valence-corrected chi connectivity index (χ3v) is 6.42. The van der Waals surface area contributed by atoms with E-state index < -0.39 is 0 Å². The van der Waals surface area contributed by atoms with Gasteiger partial charge in [0.25, 0.3) is 0 Å². The molecule has 0 fully saturated rings. The molecule has 0 aliphatic heterocycles. The van der Waals surface area contributed by atoms with Crippen molar-refractivity contribution in [1.82, 2.24) is 0 Å². The highest BCUT2D eigenvalue weighted by atomic mass is 16.1. The monoisotopic (exact) mass is 473 g/mol. The molecule has 3 nitrogen and oxygen atoms in total. The SMILES string of the molecule is CC(=O)c1ccc(CN)c(C(=O)C(C)C)c1.CCCCCCc1cc(C(C)C)c2ccccc2c1. The molecule has 0 aliphatic carbocycles. The van der Waals surface area contributed by atoms with Crippen LogP contribution in [0, 0.1) is 5.92 Å². The lowest BCUT2D eigenvalue weighted by Gasteiger charge is -2.13. The minimum atomic E-state index is -0.0903. The summed E-state index contributed by atoms with van der Waals surface area (Å²) < 4.78 is 0. The van der Waals surface area contributed by atoms with E-state index in [2.05, 4.69) is 57.2 Å². The van der Waals surface area contributed by atoms with Crippen molar-refractivity contribution in [2.24, 2.45) is 11.7 Å². The van der Waals surface area contributed by atoms with Gasteiger partial charge in [0.2, 0.25) is 0 Å². The Kier molecular flexibility index (Phi) is 11.3. The third kappa shape index (κ3) is 8.14. The van der Waals surface area contributed by atoms with Gasteiger partial charge in [0.05, 0.1) is 0 Å². The number of ketones is 2. The average molecular weight is 474 g/mol. The maximum atomic E-state index is 11.9. The topological polar surface area (TPSA) is 60.2 Å². The van der Waals surface area contributed by atoms with Crippen LogP contribution in [-0.4, -0.2) is 11.6 Å². The standard InChI is InChI=1S/C19H26.C13H17NO2/c1-4-5-6-7-10-16-13-17-11-8-9-12-18(17)19(14-16)15(2)3;1-8(2)13(16)12-6-10(9(3)15)4-5-11(12)7-14/h8-9,11-15H,4-7,10H2,1-3H3;4-6,8H,7,14H2,1-3H3. The normalized spacial score (nSPS) is 11.0. The fourth-order valence-electron chi connectivity index (χ4n) is 4.30. The Bertz CT molecular complexity index is 1130. The number of nitrogens with two attached hydrogens (primary N) is 1. The fourth-order valence-corrected chi connectivity index (χ4v) is 4.30. The molecule has 0 aliphatic rings. The number of Topliss-reactive ketones (excluding diaryl/α,β-unsaturated/α-hetero) is 2. The first-order valence-electron chi connectivity index (χ1n) is 13.1. The van der Waals surface area contributed by atoms with Gasteiger partial charge >= 0.3 is 0 Å². The molecule has 188 valence electrons. The quantitative estimate of drug-likeness (QED) is 0.238. The molecule has 0 amide bonds. The molecule has 0 unspecified atom stereocenters. The molecule has 0 heterocycles. The summed E-state index contributed by atoms with van der Waals surface area (Å²) in [5.74, 6) is 0.498. The van der Waals surface area contributed by atoms with E-state index >= 15 is 0 Å². The molecule has 0 spiro atoms. The number of carbonyl (C=O) groups excluding carboxylic acids is 2. The third-order valence-electron chi connectivity index (χ3n) is 6.42. The van der Waals surface area contributed by atoms with Crippen LogP contribution >= 0.6 is 0 Å². The molecule has 0 saturated heterocycles. The Balaban J connectivity index is 0.000000251. The second-order valence-electron chi connectivity index (χ2n) is 10.0. The molecule has 0 saturated carbocycles. The lowest BCUT2D eigenvalue weighted by atomic mass is 9.92. The summed E-state index contributed by atoms with van der Waals surface area (Å²) in [6.07, 6.45) is 6.59. The van der Waals surface area contributed by atoms with Crippen molar-refractivity contribution in [1.29, 1.82) is 0 Å². The molecular weight excluding hydrogens is 430 g/mol. The highest BCUT2D eigenvalue weighted by Crippen LogP contribution is 2.28. The van der Waals surface area contributed by atoms with Gasteiger partial charge in [-0.3, -0.25) is 9.59 Å². The molecule has 35 heavy (non-hydrogen) atoms. The van der Waals surface area contributed by atoms with Gasteiger partial charge in [-0.05, 0) is 59.2 Å². The Morgan fingerprint density at radius 1 is 0.886 bits per heavy atom. The van der Waals surface area contributed by atoms with Crippen molar-refractivity contribution >= 4 is 22.3 Å². The maximum Gasteiger partial charge on any atom is 0.165 e. The molecule has 3 heteroatoms. The van der Waals surface area contributed by atoms with Crippen molar-refractivity contribution in [2.45, 2.75) is 86.1 Å². The van der Waals surface area contributed by atoms with Gasteiger partial charge in [0.1, 0.15) is 0 Å². The summed E-state index contributed by atoms with van der Waals surface area (Å²) in [5.41, 5.74) is 10.5. The Hall–Kier alpha value is -2.78. The molecular formula is C32H43NO2. The number of rotatable bonds is 10. The van der Waals surface area contributed by atoms with Crippen LogP contribution in [-0.2, 0) is 13.0 Å². The van der Waals surface area contributed by atoms with E-state index in [0.29, 0.717) is 23.6 Å². The van der Waals surface area contributed by atoms with E-state index in [0.717, 1.165) is 5.56 Å². The van der Waals surface area contributed by atoms with Crippen LogP contribution in [0.25, 0.3) is 10.8 Å². The van der Waals surface area contributed by atoms with Crippen molar-refractivity contribution in [3.05, 3.63) is 82.4 Å². The summed E-state index contributed by atoms with van der Waals surface area (Å²) in [7, 11) is 0. The number of benzene rings is 3. The first-order valence-corrected chi connectivity index (χ1v) is 13.1. The van der Waals surface area contributed by atoms with Crippen LogP contribution in [0.3, 0.4) is 0 Å². The highest BCUT2D eigenvalue weighted by Gasteiger charge is 2.15. The Morgan fingerprint density at radius 3 is 2.20 bits per heavy atom. The Labute approximate surface area is 212 Å². The van der Waals surface area contributed by atoms with Crippen LogP contribution in [0.2, 0.25) is 0 Å². The van der Waals surface area contributed by atoms with E-state index in [-0.39, 0.29) is 17.5 Å². The highest BCUT2D eigenvalue weighted by molar-refractivity contribution is 6.02. The minimum absolute atomic E-state index is 0.0311. The zero-order valence-corrected chi connectivity index (χ0v) is 22.5. The summed E-state index contributed by atoms with van der Waals surface area (Å²) >= 11 is 0. The Morgan fingerprint density at radius 2 is 1.60 bits per heavy atom. The first kappa shape index (κ1) is 28.5. The number of fused-ring (bicyclic) bond motifs is 1. The zero-order chi connectivity index (χ0) is 26.0. The molecule has 3 aromatic rings. The first-order chi connectivity index (χ1) is 16.7. The van der Waals surface area contributed by atoms with Gasteiger partial charge in [-0.15, -0.1) is 0 Å². The number of carbonyl (C=O) groups is 2. The molecule has 0 aromatic heterocycles. The van der Waals surface area contributed by atoms with Crippen LogP contribution in [0.15, 0.2) is 54.6 Å². The largest absolute Gasteiger partial charge is 0.326 e. The lowest BCUT2D eigenvalue weighted by Crippen LogP contribution is -2.13. The summed E-state index contributed by atoms with van der Waals surface area (Å²) in [5, 5.41) is 2.83. The summed E-state index contributed by atoms with van der Waals surface area (Å²) in [4.78, 5) is 23.2. The molecule has 3 aromatic carbocycles. The van der Waals surface area contributed by atoms with Crippen LogP contribution in [0.4, 0.5) is 0 Å². The van der Waals surface area contributed by atoms with Crippen molar-refractivity contribution in [3.8, 4) is 0 Å². The number of hydrogen-bond acceptors (Lipinski definition) is 3. The van der Waals surface area contributed by atoms with Crippen LogP contribution < -0.4 is 5.73 Å². The van der Waals surface area contributed by atoms with Gasteiger partial charge in [0.15, 0.2) is 11.6 Å². The molecule has 3 rings (SSSR count). The van der Waals surface area contributed by atoms with Crippen molar-refractivity contribution < 1.29 is 9.59 Å². The predicted molar refractivity (Wildman–Crippen MR) is 149 cm³/mol. The van der Waals surface area contributed by atoms with E-state index in [9.17, 15) is 9.59 Å². The van der Waals surface area contributed by atoms with Gasteiger partial charge < -0.3 is 5.73 Å². The molecule has 0 bridgehead atoms. The van der Waals surface area contributed by atoms with Crippen LogP contribution in [0.5, 0.6) is 0 Å². The van der Waals surface area contributed by atoms with E-state index in [1.54, 1.807) is 18.2 Å². The molecule has 2 N–H and O–H groups in total. The average Bonchev–Trinajstić information content (AvgIpc) is 2.85. The summed E-state index contributed by atoms with van der Waals surface area (Å²) in [6.45, 7) is 12.3. The lowest BCUT2D eigenvalue weighted by molar-refractivity contribution is 0.0938. The minimum Gasteiger partial charge on any atom is -0.326 e. The number of hydrogen-bond donors (Lipinski definition) is 1. The van der Waals surface area contributed by atoms with Crippen LogP contribution in [0.1, 0.15) is 111 Å². The number of unbranched alkanes of at least 4 members (excludes halogenated alkanes) is 3. The smallest absolute Gasteiger partial charge is 0.165 e. The fraction of sp³-hybridized carbons (Fsp3) is 0.438. The predicted octanol–water partition coefficient (Wildman–Crippen LogP) is 8.27. The summed E-state index contributed by atoms with van der Waals surface area (Å²) in [6, 6.07) is 18.7. The molecule has 0 radical (unpaired) electrons. The van der Waals surface area contributed by atoms with Gasteiger partial charge in [-0.2, -0.15) is 0 Å². The number of aryl methyl sites for hydroxylation is 1. The second-order valence-corrected chi connectivity index (χ2v) is 10.0. The van der Waals surface area contributed by atoms with E-state index in [1.807, 2.05) is 13.8 Å². The second kappa shape index (κ2) is 13.9. The van der Waals surface area contributed by atoms with E-state index in [4.69, 9.17) is 5.73 Å². The zero-order valence-electron chi connectivity index (χ0n) is 22.5.